The maximum atomic E-state index is 11.7. The zero-order valence-electron chi connectivity index (χ0n) is 15.0. The SMILES string of the molecule is CC(C)(C)OC(=O)NCc1ccc(-c2cc(Br)c3cnccc3c2)cc1. The molecule has 3 aromatic rings. The first-order valence-electron chi connectivity index (χ1n) is 8.41. The van der Waals surface area contributed by atoms with Crippen molar-refractivity contribution >= 4 is 32.8 Å². The summed E-state index contributed by atoms with van der Waals surface area (Å²) in [6.07, 6.45) is 3.24. The molecule has 2 aromatic carbocycles. The maximum absolute atomic E-state index is 11.7. The van der Waals surface area contributed by atoms with E-state index in [1.807, 2.05) is 45.2 Å². The van der Waals surface area contributed by atoms with Crippen LogP contribution in [0.25, 0.3) is 21.9 Å². The van der Waals surface area contributed by atoms with Crippen molar-refractivity contribution in [3.63, 3.8) is 0 Å². The molecule has 0 saturated carbocycles. The number of alkyl carbamates (subject to hydrolysis) is 1. The highest BCUT2D eigenvalue weighted by Gasteiger charge is 2.15. The van der Waals surface area contributed by atoms with Gasteiger partial charge in [-0.25, -0.2) is 4.79 Å². The molecule has 0 aliphatic heterocycles. The van der Waals surface area contributed by atoms with E-state index >= 15 is 0 Å². The fourth-order valence-electron chi connectivity index (χ4n) is 2.62. The molecule has 0 spiro atoms. The van der Waals surface area contributed by atoms with Gasteiger partial charge in [0, 0.05) is 28.8 Å². The van der Waals surface area contributed by atoms with E-state index in [-0.39, 0.29) is 0 Å². The zero-order valence-corrected chi connectivity index (χ0v) is 16.6. The summed E-state index contributed by atoms with van der Waals surface area (Å²) in [4.78, 5) is 15.9. The van der Waals surface area contributed by atoms with Gasteiger partial charge < -0.3 is 10.1 Å². The van der Waals surface area contributed by atoms with Crippen LogP contribution in [-0.2, 0) is 11.3 Å². The fraction of sp³-hybridized carbons (Fsp3) is 0.238. The molecule has 0 unspecified atom stereocenters. The van der Waals surface area contributed by atoms with Crippen molar-refractivity contribution in [3.8, 4) is 11.1 Å². The summed E-state index contributed by atoms with van der Waals surface area (Å²) >= 11 is 3.62. The average molecular weight is 413 g/mol. The Morgan fingerprint density at radius 1 is 1.12 bits per heavy atom. The molecule has 0 aliphatic rings. The highest BCUT2D eigenvalue weighted by atomic mass is 79.9. The summed E-state index contributed by atoms with van der Waals surface area (Å²) in [6.45, 7) is 5.97. The highest BCUT2D eigenvalue weighted by Crippen LogP contribution is 2.30. The van der Waals surface area contributed by atoms with Gasteiger partial charge in [0.15, 0.2) is 0 Å². The fourth-order valence-corrected chi connectivity index (χ4v) is 3.20. The summed E-state index contributed by atoms with van der Waals surface area (Å²) in [6, 6.07) is 14.4. The molecule has 1 aromatic heterocycles. The average Bonchev–Trinajstić information content (AvgIpc) is 2.59. The third kappa shape index (κ3) is 4.61. The predicted octanol–water partition coefficient (Wildman–Crippen LogP) is 5.69. The Bertz CT molecular complexity index is 931. The molecule has 0 saturated heterocycles. The molecule has 4 nitrogen and oxygen atoms in total. The van der Waals surface area contributed by atoms with E-state index in [4.69, 9.17) is 4.74 Å². The summed E-state index contributed by atoms with van der Waals surface area (Å²) in [5.74, 6) is 0. The van der Waals surface area contributed by atoms with Gasteiger partial charge in [0.25, 0.3) is 0 Å². The zero-order chi connectivity index (χ0) is 18.7. The van der Waals surface area contributed by atoms with Crippen molar-refractivity contribution < 1.29 is 9.53 Å². The Labute approximate surface area is 161 Å². The number of hydrogen-bond donors (Lipinski definition) is 1. The minimum absolute atomic E-state index is 0.409. The van der Waals surface area contributed by atoms with Crippen LogP contribution in [0, 0.1) is 0 Å². The summed E-state index contributed by atoms with van der Waals surface area (Å²) in [7, 11) is 0. The lowest BCUT2D eigenvalue weighted by Crippen LogP contribution is -2.32. The van der Waals surface area contributed by atoms with Gasteiger partial charge in [0.2, 0.25) is 0 Å². The molecule has 1 N–H and O–H groups in total. The largest absolute Gasteiger partial charge is 0.444 e. The number of nitrogens with zero attached hydrogens (tertiary/aromatic N) is 1. The summed E-state index contributed by atoms with van der Waals surface area (Å²) in [5, 5.41) is 5.00. The number of carbonyl (C=O) groups excluding carboxylic acids is 1. The maximum Gasteiger partial charge on any atom is 0.407 e. The molecule has 1 amide bonds. The number of halogens is 1. The second kappa shape index (κ2) is 7.46. The van der Waals surface area contributed by atoms with Crippen LogP contribution in [-0.4, -0.2) is 16.7 Å². The van der Waals surface area contributed by atoms with Crippen molar-refractivity contribution in [1.82, 2.24) is 10.3 Å². The van der Waals surface area contributed by atoms with Crippen LogP contribution in [0.3, 0.4) is 0 Å². The van der Waals surface area contributed by atoms with E-state index in [1.165, 1.54) is 0 Å². The molecular formula is C21H21BrN2O2. The molecule has 0 atom stereocenters. The Balaban J connectivity index is 1.73. The number of aromatic nitrogens is 1. The number of nitrogens with one attached hydrogen (secondary N) is 1. The molecule has 26 heavy (non-hydrogen) atoms. The molecule has 0 radical (unpaired) electrons. The van der Waals surface area contributed by atoms with Crippen LogP contribution in [0.1, 0.15) is 26.3 Å². The van der Waals surface area contributed by atoms with Crippen molar-refractivity contribution in [3.05, 3.63) is 64.9 Å². The van der Waals surface area contributed by atoms with Crippen molar-refractivity contribution in [1.29, 1.82) is 0 Å². The topological polar surface area (TPSA) is 51.2 Å². The molecule has 3 rings (SSSR count). The molecule has 1 heterocycles. The number of fused-ring (bicyclic) bond motifs is 1. The Morgan fingerprint density at radius 2 is 1.85 bits per heavy atom. The van der Waals surface area contributed by atoms with Gasteiger partial charge in [0.05, 0.1) is 0 Å². The lowest BCUT2D eigenvalue weighted by molar-refractivity contribution is 0.0523. The third-order valence-electron chi connectivity index (χ3n) is 3.83. The number of pyridine rings is 1. The first-order valence-corrected chi connectivity index (χ1v) is 9.20. The van der Waals surface area contributed by atoms with Gasteiger partial charge in [-0.1, -0.05) is 40.2 Å². The van der Waals surface area contributed by atoms with E-state index in [9.17, 15) is 4.79 Å². The lowest BCUT2D eigenvalue weighted by atomic mass is 10.0. The second-order valence-corrected chi connectivity index (χ2v) is 7.96. The number of benzene rings is 2. The monoisotopic (exact) mass is 412 g/mol. The van der Waals surface area contributed by atoms with Crippen LogP contribution < -0.4 is 5.32 Å². The van der Waals surface area contributed by atoms with Gasteiger partial charge in [-0.15, -0.1) is 0 Å². The van der Waals surface area contributed by atoms with Gasteiger partial charge in [-0.05, 0) is 61.0 Å². The Morgan fingerprint density at radius 3 is 2.54 bits per heavy atom. The van der Waals surface area contributed by atoms with Gasteiger partial charge in [0.1, 0.15) is 5.60 Å². The smallest absolute Gasteiger partial charge is 0.407 e. The summed E-state index contributed by atoms with van der Waals surface area (Å²) in [5.41, 5.74) is 2.77. The van der Waals surface area contributed by atoms with Crippen LogP contribution in [0.4, 0.5) is 4.79 Å². The quantitative estimate of drug-likeness (QED) is 0.600. The number of carbonyl (C=O) groups is 1. The van der Waals surface area contributed by atoms with E-state index in [1.54, 1.807) is 6.20 Å². The minimum atomic E-state index is -0.493. The molecule has 5 heteroatoms. The van der Waals surface area contributed by atoms with Crippen molar-refractivity contribution in [2.24, 2.45) is 0 Å². The number of hydrogen-bond acceptors (Lipinski definition) is 3. The Kier molecular flexibility index (Phi) is 5.28. The molecule has 134 valence electrons. The van der Waals surface area contributed by atoms with Gasteiger partial charge in [-0.2, -0.15) is 0 Å². The second-order valence-electron chi connectivity index (χ2n) is 7.11. The van der Waals surface area contributed by atoms with Crippen LogP contribution in [0.2, 0.25) is 0 Å². The van der Waals surface area contributed by atoms with Crippen LogP contribution in [0.15, 0.2) is 59.3 Å². The van der Waals surface area contributed by atoms with Crippen LogP contribution >= 0.6 is 15.9 Å². The molecule has 0 fully saturated rings. The normalized spacial score (nSPS) is 11.4. The standard InChI is InChI=1S/C21H21BrN2O2/c1-21(2,3)26-20(25)24-12-14-4-6-15(7-5-14)17-10-16-8-9-23-13-18(16)19(22)11-17/h4-11,13H,12H2,1-3H3,(H,24,25). The Hall–Kier alpha value is -2.40. The molecular weight excluding hydrogens is 392 g/mol. The minimum Gasteiger partial charge on any atom is -0.444 e. The number of rotatable bonds is 3. The summed E-state index contributed by atoms with van der Waals surface area (Å²) < 4.78 is 6.27. The van der Waals surface area contributed by atoms with Gasteiger partial charge >= 0.3 is 6.09 Å². The third-order valence-corrected chi connectivity index (χ3v) is 4.48. The van der Waals surface area contributed by atoms with Gasteiger partial charge in [-0.3, -0.25) is 4.98 Å². The van der Waals surface area contributed by atoms with E-state index in [0.717, 1.165) is 31.9 Å². The molecule has 0 aliphatic carbocycles. The van der Waals surface area contributed by atoms with E-state index in [0.29, 0.717) is 6.54 Å². The van der Waals surface area contributed by atoms with Crippen molar-refractivity contribution in [2.75, 3.05) is 0 Å². The number of amides is 1. The first kappa shape index (κ1) is 18.4. The number of ether oxygens (including phenoxy) is 1. The van der Waals surface area contributed by atoms with Crippen molar-refractivity contribution in [2.45, 2.75) is 32.9 Å². The van der Waals surface area contributed by atoms with E-state index < -0.39 is 11.7 Å². The van der Waals surface area contributed by atoms with E-state index in [2.05, 4.69) is 50.5 Å². The highest BCUT2D eigenvalue weighted by molar-refractivity contribution is 9.10. The lowest BCUT2D eigenvalue weighted by Gasteiger charge is -2.19. The van der Waals surface area contributed by atoms with Crippen LogP contribution in [0.5, 0.6) is 0 Å². The first-order chi connectivity index (χ1) is 12.3. The predicted molar refractivity (Wildman–Crippen MR) is 108 cm³/mol. The molecule has 0 bridgehead atoms.